The van der Waals surface area contributed by atoms with Crippen molar-refractivity contribution in [1.82, 2.24) is 9.88 Å². The van der Waals surface area contributed by atoms with Gasteiger partial charge in [-0.05, 0) is 45.2 Å². The number of hydrogen-bond acceptors (Lipinski definition) is 5. The first-order valence-electron chi connectivity index (χ1n) is 9.97. The monoisotopic (exact) mass is 396 g/mol. The summed E-state index contributed by atoms with van der Waals surface area (Å²) in [4.78, 5) is 31.1. The molecule has 0 saturated carbocycles. The maximum atomic E-state index is 12.9. The van der Waals surface area contributed by atoms with E-state index in [9.17, 15) is 9.59 Å². The molecule has 0 radical (unpaired) electrons. The van der Waals surface area contributed by atoms with Crippen molar-refractivity contribution in [2.24, 2.45) is 5.92 Å². The number of ether oxygens (including phenoxy) is 2. The van der Waals surface area contributed by atoms with E-state index in [0.717, 1.165) is 18.4 Å². The quantitative estimate of drug-likeness (QED) is 0.697. The van der Waals surface area contributed by atoms with E-state index in [1.54, 1.807) is 23.2 Å². The van der Waals surface area contributed by atoms with Crippen LogP contribution >= 0.6 is 0 Å². The van der Waals surface area contributed by atoms with E-state index in [1.165, 1.54) is 0 Å². The Morgan fingerprint density at radius 2 is 1.90 bits per heavy atom. The van der Waals surface area contributed by atoms with Gasteiger partial charge >= 0.3 is 6.09 Å². The number of likely N-dealkylation sites (tertiary alicyclic amines) is 1. The highest BCUT2D eigenvalue weighted by atomic mass is 16.6. The molecule has 1 atom stereocenters. The lowest BCUT2D eigenvalue weighted by atomic mass is 9.91. The fourth-order valence-electron chi connectivity index (χ4n) is 3.26. The molecule has 0 bridgehead atoms. The van der Waals surface area contributed by atoms with Crippen molar-refractivity contribution in [2.75, 3.05) is 13.1 Å². The number of ketones is 1. The first kappa shape index (κ1) is 20.8. The Balaban J connectivity index is 1.57. The second-order valence-corrected chi connectivity index (χ2v) is 8.29. The molecule has 2 heterocycles. The molecule has 1 aliphatic rings. The second kappa shape index (κ2) is 9.07. The molecule has 6 nitrogen and oxygen atoms in total. The Morgan fingerprint density at radius 3 is 2.55 bits per heavy atom. The second-order valence-electron chi connectivity index (χ2n) is 8.29. The zero-order valence-electron chi connectivity index (χ0n) is 17.3. The van der Waals surface area contributed by atoms with Crippen molar-refractivity contribution < 1.29 is 19.1 Å². The van der Waals surface area contributed by atoms with Gasteiger partial charge in [0, 0.05) is 36.8 Å². The molecule has 2 aromatic rings. The molecule has 3 rings (SSSR count). The summed E-state index contributed by atoms with van der Waals surface area (Å²) in [6.45, 7) is 6.93. The third kappa shape index (κ3) is 6.04. The van der Waals surface area contributed by atoms with Gasteiger partial charge in [-0.1, -0.05) is 30.3 Å². The summed E-state index contributed by atoms with van der Waals surface area (Å²) in [7, 11) is 0. The van der Waals surface area contributed by atoms with Gasteiger partial charge < -0.3 is 14.4 Å². The van der Waals surface area contributed by atoms with Gasteiger partial charge in [-0.2, -0.15) is 0 Å². The van der Waals surface area contributed by atoms with Gasteiger partial charge in [0.25, 0.3) is 0 Å². The smallest absolute Gasteiger partial charge is 0.410 e. The Morgan fingerprint density at radius 1 is 1.14 bits per heavy atom. The van der Waals surface area contributed by atoms with Crippen LogP contribution in [0.4, 0.5) is 4.79 Å². The third-order valence-corrected chi connectivity index (χ3v) is 4.69. The lowest BCUT2D eigenvalue weighted by Gasteiger charge is -2.33. The number of carbonyl (C=O) groups is 2. The fraction of sp³-hybridized carbons (Fsp3) is 0.435. The Hall–Kier alpha value is -2.89. The van der Waals surface area contributed by atoms with Crippen molar-refractivity contribution in [3.8, 4) is 5.88 Å². The predicted octanol–water partition coefficient (Wildman–Crippen LogP) is 4.49. The van der Waals surface area contributed by atoms with Crippen LogP contribution in [0.25, 0.3) is 0 Å². The number of nitrogens with zero attached hydrogens (tertiary/aromatic N) is 2. The van der Waals surface area contributed by atoms with Crippen molar-refractivity contribution >= 4 is 11.9 Å². The van der Waals surface area contributed by atoms with Crippen LogP contribution in [0, 0.1) is 5.92 Å². The van der Waals surface area contributed by atoms with Crippen LogP contribution < -0.4 is 4.74 Å². The largest absolute Gasteiger partial charge is 0.473 e. The summed E-state index contributed by atoms with van der Waals surface area (Å²) in [6.07, 6.45) is 2.72. The summed E-state index contributed by atoms with van der Waals surface area (Å²) in [5, 5.41) is 0. The average Bonchev–Trinajstić information content (AvgIpc) is 2.72. The zero-order chi connectivity index (χ0) is 20.9. The maximum Gasteiger partial charge on any atom is 0.410 e. The standard InChI is InChI=1S/C23H28N2O4/c1-23(2,3)29-22(27)25-13-7-10-19(15-25)21(26)18-11-12-20(24-14-18)28-16-17-8-5-4-6-9-17/h4-6,8-9,11-12,14,19H,7,10,13,15-16H2,1-3H3. The summed E-state index contributed by atoms with van der Waals surface area (Å²) in [5.41, 5.74) is 1.04. The Labute approximate surface area is 171 Å². The molecule has 1 aliphatic heterocycles. The predicted molar refractivity (Wildman–Crippen MR) is 110 cm³/mol. The topological polar surface area (TPSA) is 68.7 Å². The summed E-state index contributed by atoms with van der Waals surface area (Å²) in [5.74, 6) is 0.235. The number of hydrogen-bond donors (Lipinski definition) is 0. The van der Waals surface area contributed by atoms with Crippen molar-refractivity contribution in [1.29, 1.82) is 0 Å². The first-order chi connectivity index (χ1) is 13.8. The van der Waals surface area contributed by atoms with Gasteiger partial charge in [-0.25, -0.2) is 9.78 Å². The van der Waals surface area contributed by atoms with Gasteiger partial charge in [-0.15, -0.1) is 0 Å². The van der Waals surface area contributed by atoms with Crippen LogP contribution in [-0.2, 0) is 11.3 Å². The van der Waals surface area contributed by atoms with E-state index >= 15 is 0 Å². The SMILES string of the molecule is CC(C)(C)OC(=O)N1CCCC(C(=O)c2ccc(OCc3ccccc3)nc2)C1. The number of amides is 1. The lowest BCUT2D eigenvalue weighted by molar-refractivity contribution is 0.0172. The minimum absolute atomic E-state index is 0.000341. The molecule has 1 amide bonds. The molecular weight excluding hydrogens is 368 g/mol. The molecule has 1 aromatic carbocycles. The molecule has 154 valence electrons. The van der Waals surface area contributed by atoms with Gasteiger partial charge in [0.05, 0.1) is 0 Å². The number of aromatic nitrogens is 1. The summed E-state index contributed by atoms with van der Waals surface area (Å²) < 4.78 is 11.1. The van der Waals surface area contributed by atoms with Crippen LogP contribution in [0.5, 0.6) is 5.88 Å². The van der Waals surface area contributed by atoms with E-state index in [-0.39, 0.29) is 17.8 Å². The van der Waals surface area contributed by atoms with Crippen molar-refractivity contribution in [2.45, 2.75) is 45.8 Å². The van der Waals surface area contributed by atoms with Crippen LogP contribution in [0.3, 0.4) is 0 Å². The number of pyridine rings is 1. The fourth-order valence-corrected chi connectivity index (χ4v) is 3.26. The number of Topliss-reactive ketones (excluding diaryl/α,β-unsaturated/α-hetero) is 1. The Kier molecular flexibility index (Phi) is 6.52. The number of piperidine rings is 1. The van der Waals surface area contributed by atoms with Crippen LogP contribution in [0.2, 0.25) is 0 Å². The highest BCUT2D eigenvalue weighted by Gasteiger charge is 2.31. The molecule has 0 N–H and O–H groups in total. The van der Waals surface area contributed by atoms with E-state index in [2.05, 4.69) is 4.98 Å². The van der Waals surface area contributed by atoms with Crippen LogP contribution in [-0.4, -0.2) is 40.5 Å². The highest BCUT2D eigenvalue weighted by molar-refractivity contribution is 5.98. The average molecular weight is 396 g/mol. The summed E-state index contributed by atoms with van der Waals surface area (Å²) in [6, 6.07) is 13.3. The first-order valence-corrected chi connectivity index (χ1v) is 9.97. The van der Waals surface area contributed by atoms with Crippen molar-refractivity contribution in [3.63, 3.8) is 0 Å². The van der Waals surface area contributed by atoms with Gasteiger partial charge in [-0.3, -0.25) is 4.79 Å². The molecule has 1 unspecified atom stereocenters. The van der Waals surface area contributed by atoms with E-state index in [4.69, 9.17) is 9.47 Å². The number of carbonyl (C=O) groups excluding carboxylic acids is 2. The molecule has 0 aliphatic carbocycles. The molecular formula is C23H28N2O4. The molecule has 0 spiro atoms. The summed E-state index contributed by atoms with van der Waals surface area (Å²) >= 11 is 0. The van der Waals surface area contributed by atoms with Crippen LogP contribution in [0.1, 0.15) is 49.5 Å². The van der Waals surface area contributed by atoms with E-state index < -0.39 is 5.60 Å². The molecule has 1 fully saturated rings. The molecule has 1 aromatic heterocycles. The van der Waals surface area contributed by atoms with Gasteiger partial charge in [0.2, 0.25) is 5.88 Å². The van der Waals surface area contributed by atoms with Crippen LogP contribution in [0.15, 0.2) is 48.7 Å². The molecule has 29 heavy (non-hydrogen) atoms. The Bertz CT molecular complexity index is 828. The van der Waals surface area contributed by atoms with Crippen molar-refractivity contribution in [3.05, 3.63) is 59.8 Å². The lowest BCUT2D eigenvalue weighted by Crippen LogP contribution is -2.44. The highest BCUT2D eigenvalue weighted by Crippen LogP contribution is 2.23. The molecule has 6 heteroatoms. The minimum Gasteiger partial charge on any atom is -0.473 e. The zero-order valence-corrected chi connectivity index (χ0v) is 17.3. The van der Waals surface area contributed by atoms with E-state index in [1.807, 2.05) is 51.1 Å². The number of benzene rings is 1. The molecule has 1 saturated heterocycles. The minimum atomic E-state index is -0.548. The number of rotatable bonds is 5. The third-order valence-electron chi connectivity index (χ3n) is 4.69. The van der Waals surface area contributed by atoms with E-state index in [0.29, 0.717) is 31.1 Å². The van der Waals surface area contributed by atoms with Gasteiger partial charge in [0.1, 0.15) is 12.2 Å². The normalized spacial score (nSPS) is 16.9. The van der Waals surface area contributed by atoms with Gasteiger partial charge in [0.15, 0.2) is 5.78 Å². The maximum absolute atomic E-state index is 12.9.